The first kappa shape index (κ1) is 17.7. The van der Waals surface area contributed by atoms with Gasteiger partial charge in [0.05, 0.1) is 12.3 Å². The van der Waals surface area contributed by atoms with Gasteiger partial charge in [-0.1, -0.05) is 18.2 Å². The average molecular weight is 379 g/mol. The first-order valence-corrected chi connectivity index (χ1v) is 8.81. The number of anilines is 1. The summed E-state index contributed by atoms with van der Waals surface area (Å²) in [5.74, 6) is -1.40. The second-order valence-corrected chi connectivity index (χ2v) is 6.22. The number of hydrazone groups is 1. The van der Waals surface area contributed by atoms with Gasteiger partial charge in [-0.05, 0) is 43.3 Å². The number of ether oxygens (including phenoxy) is 2. The van der Waals surface area contributed by atoms with Crippen LogP contribution in [0.5, 0.6) is 11.5 Å². The summed E-state index contributed by atoms with van der Waals surface area (Å²) < 4.78 is 10.6. The van der Waals surface area contributed by atoms with Crippen LogP contribution in [0.2, 0.25) is 0 Å². The zero-order chi connectivity index (χ0) is 19.7. The molecule has 0 aromatic heterocycles. The molecule has 1 saturated heterocycles. The number of hydrogen-bond acceptors (Lipinski definition) is 7. The van der Waals surface area contributed by atoms with Crippen molar-refractivity contribution in [3.05, 3.63) is 54.6 Å². The number of esters is 1. The van der Waals surface area contributed by atoms with E-state index in [1.807, 2.05) is 30.3 Å². The second kappa shape index (κ2) is 7.15. The molecule has 2 aromatic carbocycles. The third-order valence-electron chi connectivity index (χ3n) is 4.48. The number of benzene rings is 2. The van der Waals surface area contributed by atoms with Gasteiger partial charge in [0.1, 0.15) is 23.5 Å². The van der Waals surface area contributed by atoms with Crippen LogP contribution in [0.4, 0.5) is 5.69 Å². The molecule has 0 saturated carbocycles. The van der Waals surface area contributed by atoms with E-state index in [9.17, 15) is 14.4 Å². The standard InChI is InChI=1S/C20H17N3O5/c1-2-27-20(26)17-15-16(21-22-17)19(25)23(18(15)24)12-8-10-14(11-9-12)28-13-6-4-3-5-7-13/h3-11,15-16,21H,2H2,1H3. The normalized spacial score (nSPS) is 20.5. The van der Waals surface area contributed by atoms with Crippen LogP contribution in [0, 0.1) is 5.92 Å². The van der Waals surface area contributed by atoms with Crippen LogP contribution in [0.25, 0.3) is 0 Å². The summed E-state index contributed by atoms with van der Waals surface area (Å²) in [5, 5.41) is 3.83. The predicted octanol–water partition coefficient (Wildman–Crippen LogP) is 1.86. The lowest BCUT2D eigenvalue weighted by Crippen LogP contribution is -2.36. The molecule has 2 aromatic rings. The molecule has 8 heteroatoms. The van der Waals surface area contributed by atoms with Crippen molar-refractivity contribution in [2.24, 2.45) is 11.0 Å². The minimum absolute atomic E-state index is 0.0725. The van der Waals surface area contributed by atoms with E-state index in [4.69, 9.17) is 9.47 Å². The third-order valence-corrected chi connectivity index (χ3v) is 4.48. The molecule has 8 nitrogen and oxygen atoms in total. The van der Waals surface area contributed by atoms with E-state index in [2.05, 4.69) is 10.5 Å². The van der Waals surface area contributed by atoms with E-state index in [1.165, 1.54) is 0 Å². The Bertz CT molecular complexity index is 956. The molecule has 4 rings (SSSR count). The van der Waals surface area contributed by atoms with Crippen LogP contribution in [0.15, 0.2) is 59.7 Å². The highest BCUT2D eigenvalue weighted by Crippen LogP contribution is 2.32. The van der Waals surface area contributed by atoms with E-state index >= 15 is 0 Å². The summed E-state index contributed by atoms with van der Waals surface area (Å²) in [6, 6.07) is 14.9. The highest BCUT2D eigenvalue weighted by Gasteiger charge is 2.55. The topological polar surface area (TPSA) is 97.3 Å². The Labute approximate surface area is 160 Å². The Morgan fingerprint density at radius 3 is 2.39 bits per heavy atom. The van der Waals surface area contributed by atoms with Gasteiger partial charge in [0.2, 0.25) is 5.91 Å². The van der Waals surface area contributed by atoms with Crippen LogP contribution in [-0.2, 0) is 19.1 Å². The Kier molecular flexibility index (Phi) is 4.52. The molecule has 1 N–H and O–H groups in total. The van der Waals surface area contributed by atoms with Gasteiger partial charge in [-0.3, -0.25) is 15.0 Å². The summed E-state index contributed by atoms with van der Waals surface area (Å²) in [5.41, 5.74) is 2.91. The fourth-order valence-corrected chi connectivity index (χ4v) is 3.21. The van der Waals surface area contributed by atoms with Crippen molar-refractivity contribution in [2.45, 2.75) is 13.0 Å². The minimum Gasteiger partial charge on any atom is -0.461 e. The predicted molar refractivity (Wildman–Crippen MR) is 99.9 cm³/mol. The van der Waals surface area contributed by atoms with Crippen molar-refractivity contribution in [2.75, 3.05) is 11.5 Å². The van der Waals surface area contributed by atoms with Crippen molar-refractivity contribution in [1.82, 2.24) is 5.43 Å². The first-order chi connectivity index (χ1) is 13.6. The van der Waals surface area contributed by atoms with Gasteiger partial charge in [-0.15, -0.1) is 0 Å². The number of hydrogen-bond donors (Lipinski definition) is 1. The quantitative estimate of drug-likeness (QED) is 0.629. The molecule has 2 aliphatic heterocycles. The van der Waals surface area contributed by atoms with Crippen molar-refractivity contribution in [1.29, 1.82) is 0 Å². The number of para-hydroxylation sites is 1. The molecule has 0 aliphatic carbocycles. The maximum Gasteiger partial charge on any atom is 0.355 e. The molecule has 2 atom stereocenters. The molecular formula is C20H17N3O5. The number of rotatable bonds is 5. The molecule has 2 heterocycles. The number of fused-ring (bicyclic) bond motifs is 1. The van der Waals surface area contributed by atoms with Crippen molar-refractivity contribution in [3.63, 3.8) is 0 Å². The second-order valence-electron chi connectivity index (χ2n) is 6.22. The Morgan fingerprint density at radius 1 is 1.04 bits per heavy atom. The summed E-state index contributed by atoms with van der Waals surface area (Å²) in [6.07, 6.45) is 0. The van der Waals surface area contributed by atoms with Crippen LogP contribution in [0.3, 0.4) is 0 Å². The summed E-state index contributed by atoms with van der Waals surface area (Å²) in [4.78, 5) is 38.6. The molecule has 142 valence electrons. The number of nitrogens with one attached hydrogen (secondary N) is 1. The molecular weight excluding hydrogens is 362 g/mol. The molecule has 0 radical (unpaired) electrons. The molecule has 1 fully saturated rings. The van der Waals surface area contributed by atoms with Gasteiger partial charge < -0.3 is 9.47 Å². The van der Waals surface area contributed by atoms with E-state index < -0.39 is 29.7 Å². The van der Waals surface area contributed by atoms with Gasteiger partial charge in [-0.2, -0.15) is 5.10 Å². The van der Waals surface area contributed by atoms with E-state index in [0.717, 1.165) is 4.90 Å². The highest BCUT2D eigenvalue weighted by molar-refractivity contribution is 6.46. The zero-order valence-corrected chi connectivity index (χ0v) is 15.0. The smallest absolute Gasteiger partial charge is 0.355 e. The van der Waals surface area contributed by atoms with Crippen LogP contribution < -0.4 is 15.1 Å². The van der Waals surface area contributed by atoms with Crippen molar-refractivity contribution >= 4 is 29.2 Å². The average Bonchev–Trinajstić information content (AvgIpc) is 3.24. The van der Waals surface area contributed by atoms with Crippen LogP contribution in [-0.4, -0.2) is 36.1 Å². The number of imide groups is 1. The summed E-state index contributed by atoms with van der Waals surface area (Å²) in [6.45, 7) is 1.81. The van der Waals surface area contributed by atoms with E-state index in [1.54, 1.807) is 31.2 Å². The van der Waals surface area contributed by atoms with Gasteiger partial charge in [-0.25, -0.2) is 9.69 Å². The molecule has 2 aliphatic rings. The number of carbonyl (C=O) groups is 3. The largest absolute Gasteiger partial charge is 0.461 e. The lowest BCUT2D eigenvalue weighted by molar-refractivity contribution is -0.136. The van der Waals surface area contributed by atoms with Crippen LogP contribution in [0.1, 0.15) is 6.92 Å². The van der Waals surface area contributed by atoms with Crippen LogP contribution >= 0.6 is 0 Å². The van der Waals surface area contributed by atoms with Gasteiger partial charge in [0, 0.05) is 0 Å². The van der Waals surface area contributed by atoms with E-state index in [-0.39, 0.29) is 12.3 Å². The molecule has 0 spiro atoms. The van der Waals surface area contributed by atoms with Crippen molar-refractivity contribution in [3.8, 4) is 11.5 Å². The Morgan fingerprint density at radius 2 is 1.71 bits per heavy atom. The number of carbonyl (C=O) groups excluding carboxylic acids is 3. The zero-order valence-electron chi connectivity index (χ0n) is 15.0. The third kappa shape index (κ3) is 2.98. The molecule has 2 amide bonds. The Hall–Kier alpha value is -3.68. The maximum absolute atomic E-state index is 12.8. The SMILES string of the molecule is CCOC(=O)C1=NNC2C(=O)N(c3ccc(Oc4ccccc4)cc3)C(=O)C12. The van der Waals surface area contributed by atoms with E-state index in [0.29, 0.717) is 17.2 Å². The fourth-order valence-electron chi connectivity index (χ4n) is 3.21. The lowest BCUT2D eigenvalue weighted by Gasteiger charge is -2.16. The maximum atomic E-state index is 12.8. The number of amides is 2. The van der Waals surface area contributed by atoms with Gasteiger partial charge in [0.25, 0.3) is 5.91 Å². The summed E-state index contributed by atoms with van der Waals surface area (Å²) in [7, 11) is 0. The molecule has 2 unspecified atom stereocenters. The number of nitrogens with zero attached hydrogens (tertiary/aromatic N) is 2. The fraction of sp³-hybridized carbons (Fsp3) is 0.200. The Balaban J connectivity index is 1.53. The van der Waals surface area contributed by atoms with Crippen molar-refractivity contribution < 1.29 is 23.9 Å². The first-order valence-electron chi connectivity index (χ1n) is 8.81. The highest BCUT2D eigenvalue weighted by atomic mass is 16.5. The van der Waals surface area contributed by atoms with Gasteiger partial charge >= 0.3 is 5.97 Å². The molecule has 0 bridgehead atoms. The lowest BCUT2D eigenvalue weighted by atomic mass is 9.99. The monoisotopic (exact) mass is 379 g/mol. The summed E-state index contributed by atoms with van der Waals surface area (Å²) >= 11 is 0. The van der Waals surface area contributed by atoms with Gasteiger partial charge in [0.15, 0.2) is 5.71 Å². The minimum atomic E-state index is -0.980. The molecule has 28 heavy (non-hydrogen) atoms.